The van der Waals surface area contributed by atoms with Gasteiger partial charge in [0.15, 0.2) is 0 Å². The summed E-state index contributed by atoms with van der Waals surface area (Å²) >= 11 is 0. The molecule has 126 valence electrons. The molecule has 2 fully saturated rings. The fourth-order valence-corrected chi connectivity index (χ4v) is 3.54. The van der Waals surface area contributed by atoms with Crippen LogP contribution in [0.15, 0.2) is 18.2 Å². The number of methoxy groups -OCH3 is 1. The van der Waals surface area contributed by atoms with Gasteiger partial charge in [0.25, 0.3) is 0 Å². The first-order chi connectivity index (χ1) is 11.3. The van der Waals surface area contributed by atoms with E-state index in [-0.39, 0.29) is 0 Å². The number of hydrogen-bond donors (Lipinski definition) is 1. The topological polar surface area (TPSA) is 44.8 Å². The first-order valence-corrected chi connectivity index (χ1v) is 8.77. The third-order valence-electron chi connectivity index (χ3n) is 4.82. The number of ether oxygens (including phenoxy) is 1. The molecule has 0 unspecified atom stereocenters. The quantitative estimate of drug-likeness (QED) is 0.920. The number of nitrogens with one attached hydrogen (secondary N) is 1. The Morgan fingerprint density at radius 2 is 1.57 bits per heavy atom. The first kappa shape index (κ1) is 16.0. The van der Waals surface area contributed by atoms with Crippen LogP contribution in [0.3, 0.4) is 0 Å². The summed E-state index contributed by atoms with van der Waals surface area (Å²) in [4.78, 5) is 16.5. The lowest BCUT2D eigenvalue weighted by atomic mass is 10.1. The van der Waals surface area contributed by atoms with E-state index in [2.05, 4.69) is 33.3 Å². The van der Waals surface area contributed by atoms with Crippen molar-refractivity contribution in [3.05, 3.63) is 18.2 Å². The molecule has 1 N–H and O–H groups in total. The molecule has 0 saturated carbocycles. The average Bonchev–Trinajstić information content (AvgIpc) is 2.63. The molecule has 5 heteroatoms. The van der Waals surface area contributed by atoms with Crippen molar-refractivity contribution in [3.8, 4) is 0 Å². The lowest BCUT2D eigenvalue weighted by molar-refractivity contribution is 0.187. The second-order valence-corrected chi connectivity index (χ2v) is 6.41. The van der Waals surface area contributed by atoms with Gasteiger partial charge in [0, 0.05) is 31.9 Å². The van der Waals surface area contributed by atoms with Crippen LogP contribution in [0.25, 0.3) is 0 Å². The standard InChI is InChI=1S/C18H27N3O2/c1-23-18(22)19-16-14-15(20-10-4-2-5-11-20)8-9-17(16)21-12-6-3-7-13-21/h8-9,14H,2-7,10-13H2,1H3,(H,19,22). The van der Waals surface area contributed by atoms with E-state index < -0.39 is 6.09 Å². The average molecular weight is 317 g/mol. The Kier molecular flexibility index (Phi) is 5.26. The summed E-state index contributed by atoms with van der Waals surface area (Å²) in [6.07, 6.45) is 7.12. The van der Waals surface area contributed by atoms with Gasteiger partial charge < -0.3 is 14.5 Å². The van der Waals surface area contributed by atoms with E-state index in [1.54, 1.807) is 0 Å². The van der Waals surface area contributed by atoms with Crippen molar-refractivity contribution in [2.24, 2.45) is 0 Å². The Morgan fingerprint density at radius 3 is 2.17 bits per heavy atom. The fraction of sp³-hybridized carbons (Fsp3) is 0.611. The van der Waals surface area contributed by atoms with Crippen LogP contribution in [0.5, 0.6) is 0 Å². The van der Waals surface area contributed by atoms with Gasteiger partial charge in [-0.25, -0.2) is 4.79 Å². The minimum atomic E-state index is -0.404. The van der Waals surface area contributed by atoms with Crippen molar-refractivity contribution < 1.29 is 9.53 Å². The van der Waals surface area contributed by atoms with Crippen molar-refractivity contribution in [2.75, 3.05) is 48.4 Å². The summed E-state index contributed by atoms with van der Waals surface area (Å²) < 4.78 is 4.80. The fourth-order valence-electron chi connectivity index (χ4n) is 3.54. The van der Waals surface area contributed by atoms with E-state index in [9.17, 15) is 4.79 Å². The molecule has 0 radical (unpaired) electrons. The van der Waals surface area contributed by atoms with Gasteiger partial charge >= 0.3 is 6.09 Å². The number of piperidine rings is 2. The highest BCUT2D eigenvalue weighted by atomic mass is 16.5. The van der Waals surface area contributed by atoms with Crippen molar-refractivity contribution >= 4 is 23.2 Å². The second kappa shape index (κ2) is 7.57. The molecule has 23 heavy (non-hydrogen) atoms. The van der Waals surface area contributed by atoms with E-state index in [1.165, 1.54) is 51.3 Å². The van der Waals surface area contributed by atoms with Crippen LogP contribution in [-0.2, 0) is 4.74 Å². The van der Waals surface area contributed by atoms with Gasteiger partial charge in [0.05, 0.1) is 18.5 Å². The van der Waals surface area contributed by atoms with Crippen LogP contribution in [0.1, 0.15) is 38.5 Å². The second-order valence-electron chi connectivity index (χ2n) is 6.41. The molecule has 2 aliphatic heterocycles. The highest BCUT2D eigenvalue weighted by Gasteiger charge is 2.18. The maximum Gasteiger partial charge on any atom is 0.411 e. The SMILES string of the molecule is COC(=O)Nc1cc(N2CCCCC2)ccc1N1CCCCC1. The molecule has 3 rings (SSSR count). The zero-order valence-electron chi connectivity index (χ0n) is 14.0. The Hall–Kier alpha value is -1.91. The summed E-state index contributed by atoms with van der Waals surface area (Å²) in [6, 6.07) is 6.45. The number of carbonyl (C=O) groups is 1. The molecular weight excluding hydrogens is 290 g/mol. The maximum absolute atomic E-state index is 11.7. The van der Waals surface area contributed by atoms with Gasteiger partial charge in [-0.15, -0.1) is 0 Å². The van der Waals surface area contributed by atoms with Gasteiger partial charge in [-0.3, -0.25) is 5.32 Å². The van der Waals surface area contributed by atoms with Gasteiger partial charge in [-0.1, -0.05) is 0 Å². The van der Waals surface area contributed by atoms with Crippen LogP contribution in [0.2, 0.25) is 0 Å². The molecule has 0 aromatic heterocycles. The summed E-state index contributed by atoms with van der Waals surface area (Å²) in [5.41, 5.74) is 3.16. The van der Waals surface area contributed by atoms with Crippen molar-refractivity contribution in [1.82, 2.24) is 0 Å². The maximum atomic E-state index is 11.7. The van der Waals surface area contributed by atoms with E-state index in [1.807, 2.05) is 0 Å². The van der Waals surface area contributed by atoms with Crippen molar-refractivity contribution in [3.63, 3.8) is 0 Å². The lowest BCUT2D eigenvalue weighted by Gasteiger charge is -2.33. The van der Waals surface area contributed by atoms with Crippen LogP contribution in [-0.4, -0.2) is 39.4 Å². The molecular formula is C18H27N3O2. The number of amides is 1. The summed E-state index contributed by atoms with van der Waals surface area (Å²) in [6.45, 7) is 4.30. The predicted octanol–water partition coefficient (Wildman–Crippen LogP) is 3.85. The Balaban J connectivity index is 1.86. The molecule has 1 aromatic rings. The number of carbonyl (C=O) groups excluding carboxylic acids is 1. The largest absolute Gasteiger partial charge is 0.453 e. The zero-order valence-corrected chi connectivity index (χ0v) is 14.0. The van der Waals surface area contributed by atoms with E-state index in [4.69, 9.17) is 4.74 Å². The third kappa shape index (κ3) is 3.89. The number of rotatable bonds is 3. The Labute approximate surface area is 138 Å². The minimum absolute atomic E-state index is 0.404. The molecule has 1 amide bonds. The highest BCUT2D eigenvalue weighted by Crippen LogP contribution is 2.33. The monoisotopic (exact) mass is 317 g/mol. The summed E-state index contributed by atoms with van der Waals surface area (Å²) in [5, 5.41) is 2.91. The molecule has 1 aromatic carbocycles. The number of anilines is 3. The first-order valence-electron chi connectivity index (χ1n) is 8.77. The molecule has 5 nitrogen and oxygen atoms in total. The molecule has 2 aliphatic rings. The Bertz CT molecular complexity index is 535. The number of nitrogens with zero attached hydrogens (tertiary/aromatic N) is 2. The molecule has 2 heterocycles. The van der Waals surface area contributed by atoms with E-state index in [0.717, 1.165) is 37.6 Å². The lowest BCUT2D eigenvalue weighted by Crippen LogP contribution is -2.31. The normalized spacial score (nSPS) is 18.7. The van der Waals surface area contributed by atoms with E-state index in [0.29, 0.717) is 0 Å². The number of hydrogen-bond acceptors (Lipinski definition) is 4. The smallest absolute Gasteiger partial charge is 0.411 e. The van der Waals surface area contributed by atoms with Gasteiger partial charge in [0.2, 0.25) is 0 Å². The van der Waals surface area contributed by atoms with Gasteiger partial charge in [-0.05, 0) is 56.7 Å². The van der Waals surface area contributed by atoms with Gasteiger partial charge in [0.1, 0.15) is 0 Å². The predicted molar refractivity (Wildman–Crippen MR) is 94.6 cm³/mol. The van der Waals surface area contributed by atoms with Crippen LogP contribution in [0, 0.1) is 0 Å². The molecule has 2 saturated heterocycles. The minimum Gasteiger partial charge on any atom is -0.453 e. The Morgan fingerprint density at radius 1 is 0.957 bits per heavy atom. The van der Waals surface area contributed by atoms with Crippen molar-refractivity contribution in [2.45, 2.75) is 38.5 Å². The summed E-state index contributed by atoms with van der Waals surface area (Å²) in [5.74, 6) is 0. The molecule has 0 aliphatic carbocycles. The van der Waals surface area contributed by atoms with Crippen molar-refractivity contribution in [1.29, 1.82) is 0 Å². The summed E-state index contributed by atoms with van der Waals surface area (Å²) in [7, 11) is 1.41. The molecule has 0 bridgehead atoms. The van der Waals surface area contributed by atoms with Crippen LogP contribution >= 0.6 is 0 Å². The van der Waals surface area contributed by atoms with Crippen LogP contribution in [0.4, 0.5) is 21.9 Å². The molecule has 0 spiro atoms. The zero-order chi connectivity index (χ0) is 16.1. The van der Waals surface area contributed by atoms with E-state index >= 15 is 0 Å². The number of benzene rings is 1. The molecule has 0 atom stereocenters. The third-order valence-corrected chi connectivity index (χ3v) is 4.82. The van der Waals surface area contributed by atoms with Gasteiger partial charge in [-0.2, -0.15) is 0 Å². The van der Waals surface area contributed by atoms with Crippen LogP contribution < -0.4 is 15.1 Å². The highest BCUT2D eigenvalue weighted by molar-refractivity contribution is 5.91.